The van der Waals surface area contributed by atoms with Crippen LogP contribution >= 0.6 is 11.8 Å². The maximum Gasteiger partial charge on any atom is 0.422 e. The van der Waals surface area contributed by atoms with Crippen LogP contribution in [0.15, 0.2) is 52.1 Å². The van der Waals surface area contributed by atoms with Gasteiger partial charge in [-0.2, -0.15) is 13.2 Å². The van der Waals surface area contributed by atoms with Crippen molar-refractivity contribution in [2.45, 2.75) is 37.6 Å². The summed E-state index contributed by atoms with van der Waals surface area (Å²) in [5.41, 5.74) is 3.01. The monoisotopic (exact) mass is 424 g/mol. The molecule has 0 aliphatic heterocycles. The third kappa shape index (κ3) is 6.70. The first-order valence-electron chi connectivity index (χ1n) is 8.72. The van der Waals surface area contributed by atoms with Crippen molar-refractivity contribution >= 4 is 11.8 Å². The van der Waals surface area contributed by atoms with Crippen molar-refractivity contribution in [3.63, 3.8) is 0 Å². The second-order valence-corrected chi connectivity index (χ2v) is 7.28. The molecular formula is C20H19F3N2O3S. The van der Waals surface area contributed by atoms with Gasteiger partial charge in [-0.25, -0.2) is 0 Å². The largest absolute Gasteiger partial charge is 0.484 e. The van der Waals surface area contributed by atoms with Gasteiger partial charge in [0, 0.05) is 5.75 Å². The van der Waals surface area contributed by atoms with E-state index in [1.165, 1.54) is 23.9 Å². The molecule has 0 atom stereocenters. The number of aryl methyl sites for hydroxylation is 2. The Balaban J connectivity index is 1.48. The lowest BCUT2D eigenvalue weighted by Gasteiger charge is -2.09. The predicted octanol–water partition coefficient (Wildman–Crippen LogP) is 5.50. The highest BCUT2D eigenvalue weighted by atomic mass is 32.2. The first kappa shape index (κ1) is 21.0. The molecule has 0 aliphatic carbocycles. The molecule has 0 radical (unpaired) electrons. The highest BCUT2D eigenvalue weighted by Gasteiger charge is 2.28. The van der Waals surface area contributed by atoms with Gasteiger partial charge >= 0.3 is 6.18 Å². The van der Waals surface area contributed by atoms with Crippen LogP contribution in [0.25, 0.3) is 0 Å². The van der Waals surface area contributed by atoms with Gasteiger partial charge in [-0.3, -0.25) is 0 Å². The number of benzene rings is 2. The zero-order chi connectivity index (χ0) is 20.9. The van der Waals surface area contributed by atoms with Crippen LogP contribution in [0.3, 0.4) is 0 Å². The third-order valence-corrected chi connectivity index (χ3v) is 4.72. The Morgan fingerprint density at radius 3 is 2.48 bits per heavy atom. The van der Waals surface area contributed by atoms with E-state index in [0.29, 0.717) is 16.9 Å². The number of alkyl halides is 3. The standard InChI is InChI=1S/C20H19F3N2O3S/c1-13-3-4-14(2)17(9-13)26-10-18-24-25-19(28-18)29-11-15-5-7-16(8-6-15)27-12-20(21,22)23/h3-9H,10-12H2,1-2H3. The Morgan fingerprint density at radius 2 is 1.76 bits per heavy atom. The molecule has 0 saturated heterocycles. The quantitative estimate of drug-likeness (QED) is 0.445. The Hall–Kier alpha value is -2.68. The van der Waals surface area contributed by atoms with Gasteiger partial charge in [0.05, 0.1) is 0 Å². The Kier molecular flexibility index (Phi) is 6.68. The van der Waals surface area contributed by atoms with Crippen molar-refractivity contribution in [1.29, 1.82) is 0 Å². The molecule has 0 amide bonds. The molecule has 3 rings (SSSR count). The van der Waals surface area contributed by atoms with E-state index in [4.69, 9.17) is 9.15 Å². The van der Waals surface area contributed by atoms with E-state index < -0.39 is 12.8 Å². The smallest absolute Gasteiger partial charge is 0.422 e. The van der Waals surface area contributed by atoms with Crippen LogP contribution in [0.4, 0.5) is 13.2 Å². The Labute approximate surface area is 170 Å². The van der Waals surface area contributed by atoms with Gasteiger partial charge in [0.25, 0.3) is 11.1 Å². The number of hydrogen-bond donors (Lipinski definition) is 0. The van der Waals surface area contributed by atoms with Gasteiger partial charge in [-0.1, -0.05) is 36.0 Å². The van der Waals surface area contributed by atoms with Gasteiger partial charge < -0.3 is 13.9 Å². The second kappa shape index (κ2) is 9.21. The van der Waals surface area contributed by atoms with Crippen molar-refractivity contribution in [1.82, 2.24) is 10.2 Å². The zero-order valence-corrected chi connectivity index (χ0v) is 16.6. The molecule has 0 N–H and O–H groups in total. The van der Waals surface area contributed by atoms with E-state index in [1.54, 1.807) is 12.1 Å². The number of thioether (sulfide) groups is 1. The maximum absolute atomic E-state index is 12.2. The first-order valence-corrected chi connectivity index (χ1v) is 9.71. The molecular weight excluding hydrogens is 405 g/mol. The molecule has 0 saturated carbocycles. The van der Waals surface area contributed by atoms with Gasteiger partial charge in [-0.15, -0.1) is 10.2 Å². The summed E-state index contributed by atoms with van der Waals surface area (Å²) in [5, 5.41) is 8.33. The van der Waals surface area contributed by atoms with E-state index in [0.717, 1.165) is 22.4 Å². The fourth-order valence-corrected chi connectivity index (χ4v) is 3.09. The maximum atomic E-state index is 12.2. The normalized spacial score (nSPS) is 11.5. The average molecular weight is 424 g/mol. The summed E-state index contributed by atoms with van der Waals surface area (Å²) >= 11 is 1.33. The van der Waals surface area contributed by atoms with Crippen LogP contribution in [0.2, 0.25) is 0 Å². The number of halogens is 3. The number of hydrogen-bond acceptors (Lipinski definition) is 6. The minimum atomic E-state index is -4.36. The van der Waals surface area contributed by atoms with E-state index in [2.05, 4.69) is 14.9 Å². The van der Waals surface area contributed by atoms with E-state index in [-0.39, 0.29) is 12.4 Å². The van der Waals surface area contributed by atoms with Crippen molar-refractivity contribution in [2.24, 2.45) is 0 Å². The molecule has 154 valence electrons. The lowest BCUT2D eigenvalue weighted by molar-refractivity contribution is -0.153. The lowest BCUT2D eigenvalue weighted by atomic mass is 10.1. The van der Waals surface area contributed by atoms with Crippen LogP contribution in [0.1, 0.15) is 22.6 Å². The Bertz CT molecular complexity index is 943. The minimum absolute atomic E-state index is 0.166. The number of ether oxygens (including phenoxy) is 2. The SMILES string of the molecule is Cc1ccc(C)c(OCc2nnc(SCc3ccc(OCC(F)(F)F)cc3)o2)c1. The summed E-state index contributed by atoms with van der Waals surface area (Å²) in [5.74, 6) is 1.83. The second-order valence-electron chi connectivity index (χ2n) is 6.36. The molecule has 2 aromatic carbocycles. The van der Waals surface area contributed by atoms with Gasteiger partial charge in [0.15, 0.2) is 13.2 Å². The molecule has 29 heavy (non-hydrogen) atoms. The van der Waals surface area contributed by atoms with Gasteiger partial charge in [-0.05, 0) is 48.7 Å². The van der Waals surface area contributed by atoms with Crippen LogP contribution in [-0.4, -0.2) is 23.0 Å². The third-order valence-electron chi connectivity index (χ3n) is 3.83. The van der Waals surface area contributed by atoms with Gasteiger partial charge in [0.2, 0.25) is 0 Å². The van der Waals surface area contributed by atoms with Crippen molar-refractivity contribution in [3.05, 3.63) is 65.0 Å². The number of nitrogens with zero attached hydrogens (tertiary/aromatic N) is 2. The van der Waals surface area contributed by atoms with Crippen LogP contribution in [0, 0.1) is 13.8 Å². The van der Waals surface area contributed by atoms with Crippen molar-refractivity contribution in [2.75, 3.05) is 6.61 Å². The fourth-order valence-electron chi connectivity index (χ4n) is 2.35. The fraction of sp³-hybridized carbons (Fsp3) is 0.300. The summed E-state index contributed by atoms with van der Waals surface area (Å²) in [6.07, 6.45) is -4.36. The molecule has 0 spiro atoms. The van der Waals surface area contributed by atoms with Crippen molar-refractivity contribution < 1.29 is 27.1 Å². The van der Waals surface area contributed by atoms with Crippen LogP contribution < -0.4 is 9.47 Å². The zero-order valence-electron chi connectivity index (χ0n) is 15.8. The predicted molar refractivity (Wildman–Crippen MR) is 102 cm³/mol. The summed E-state index contributed by atoms with van der Waals surface area (Å²) in [7, 11) is 0. The van der Waals surface area contributed by atoms with Gasteiger partial charge in [0.1, 0.15) is 11.5 Å². The van der Waals surface area contributed by atoms with E-state index in [1.807, 2.05) is 32.0 Å². The molecule has 1 heterocycles. The van der Waals surface area contributed by atoms with Crippen LogP contribution in [0.5, 0.6) is 11.5 Å². The highest BCUT2D eigenvalue weighted by Crippen LogP contribution is 2.25. The molecule has 5 nitrogen and oxygen atoms in total. The summed E-state index contributed by atoms with van der Waals surface area (Å²) < 4.78 is 52.5. The Morgan fingerprint density at radius 1 is 1.00 bits per heavy atom. The minimum Gasteiger partial charge on any atom is -0.484 e. The van der Waals surface area contributed by atoms with E-state index in [9.17, 15) is 13.2 Å². The molecule has 1 aromatic heterocycles. The molecule has 0 fully saturated rings. The summed E-state index contributed by atoms with van der Waals surface area (Å²) in [6, 6.07) is 12.3. The number of rotatable bonds is 8. The highest BCUT2D eigenvalue weighted by molar-refractivity contribution is 7.98. The molecule has 9 heteroatoms. The molecule has 0 bridgehead atoms. The first-order chi connectivity index (χ1) is 13.8. The van der Waals surface area contributed by atoms with Crippen LogP contribution in [-0.2, 0) is 12.4 Å². The summed E-state index contributed by atoms with van der Waals surface area (Å²) in [6.45, 7) is 2.81. The number of aromatic nitrogens is 2. The molecule has 3 aromatic rings. The van der Waals surface area contributed by atoms with E-state index >= 15 is 0 Å². The topological polar surface area (TPSA) is 57.4 Å². The van der Waals surface area contributed by atoms with Crippen molar-refractivity contribution in [3.8, 4) is 11.5 Å². The average Bonchev–Trinajstić information content (AvgIpc) is 3.13. The molecule has 0 unspecified atom stereocenters. The summed E-state index contributed by atoms with van der Waals surface area (Å²) in [4.78, 5) is 0. The lowest BCUT2D eigenvalue weighted by Crippen LogP contribution is -2.19. The molecule has 0 aliphatic rings.